The highest BCUT2D eigenvalue weighted by Gasteiger charge is 2.30. The summed E-state index contributed by atoms with van der Waals surface area (Å²) in [5, 5.41) is 3.73. The van der Waals surface area contributed by atoms with Gasteiger partial charge in [-0.05, 0) is 29.8 Å². The third kappa shape index (κ3) is 5.24. The minimum atomic E-state index is -3.63. The van der Waals surface area contributed by atoms with Crippen molar-refractivity contribution in [1.82, 2.24) is 14.5 Å². The molecule has 0 unspecified atom stereocenters. The van der Waals surface area contributed by atoms with E-state index in [4.69, 9.17) is 23.2 Å². The molecule has 1 aliphatic rings. The zero-order valence-corrected chi connectivity index (χ0v) is 17.5. The molecule has 0 saturated carbocycles. The zero-order valence-electron chi connectivity index (χ0n) is 15.1. The smallest absolute Gasteiger partial charge is 0.244 e. The Balaban J connectivity index is 1.49. The van der Waals surface area contributed by atoms with Gasteiger partial charge in [-0.2, -0.15) is 4.31 Å². The molecule has 6 nitrogen and oxygen atoms in total. The monoisotopic (exact) mass is 441 g/mol. The van der Waals surface area contributed by atoms with E-state index in [1.54, 1.807) is 30.3 Å². The van der Waals surface area contributed by atoms with Crippen molar-refractivity contribution < 1.29 is 13.2 Å². The fourth-order valence-corrected chi connectivity index (χ4v) is 5.02. The lowest BCUT2D eigenvalue weighted by atomic mass is 10.2. The first kappa shape index (κ1) is 21.1. The Hall–Kier alpha value is -1.64. The molecule has 0 aliphatic carbocycles. The van der Waals surface area contributed by atoms with Gasteiger partial charge in [-0.3, -0.25) is 9.69 Å². The van der Waals surface area contributed by atoms with E-state index in [-0.39, 0.29) is 22.4 Å². The quantitative estimate of drug-likeness (QED) is 0.747. The summed E-state index contributed by atoms with van der Waals surface area (Å²) in [7, 11) is -3.63. The molecular weight excluding hydrogens is 421 g/mol. The van der Waals surface area contributed by atoms with Gasteiger partial charge in [-0.1, -0.05) is 47.5 Å². The minimum Gasteiger partial charge on any atom is -0.351 e. The largest absolute Gasteiger partial charge is 0.351 e. The number of sulfonamides is 1. The summed E-state index contributed by atoms with van der Waals surface area (Å²) in [5.74, 6) is -0.0997. The van der Waals surface area contributed by atoms with Gasteiger partial charge >= 0.3 is 0 Å². The maximum Gasteiger partial charge on any atom is 0.244 e. The molecule has 0 atom stereocenters. The highest BCUT2D eigenvalue weighted by Crippen LogP contribution is 2.24. The van der Waals surface area contributed by atoms with Crippen molar-refractivity contribution in [3.05, 3.63) is 64.1 Å². The average molecular weight is 442 g/mol. The van der Waals surface area contributed by atoms with Crippen LogP contribution in [0.5, 0.6) is 0 Å². The first-order valence-corrected chi connectivity index (χ1v) is 11.0. The van der Waals surface area contributed by atoms with Crippen LogP contribution in [0.25, 0.3) is 0 Å². The van der Waals surface area contributed by atoms with Crippen LogP contribution in [0.1, 0.15) is 5.56 Å². The topological polar surface area (TPSA) is 69.7 Å². The van der Waals surface area contributed by atoms with Gasteiger partial charge in [0.2, 0.25) is 15.9 Å². The molecule has 28 heavy (non-hydrogen) atoms. The van der Waals surface area contributed by atoms with Crippen molar-refractivity contribution in [2.45, 2.75) is 11.4 Å². The number of carbonyl (C=O) groups excluding carboxylic acids is 1. The Labute approximate surface area is 175 Å². The molecule has 2 aromatic rings. The number of hydrogen-bond donors (Lipinski definition) is 1. The molecule has 2 aromatic carbocycles. The number of piperazine rings is 1. The number of hydrogen-bond acceptors (Lipinski definition) is 4. The van der Waals surface area contributed by atoms with Gasteiger partial charge in [-0.25, -0.2) is 8.42 Å². The highest BCUT2D eigenvalue weighted by atomic mass is 35.5. The molecule has 0 bridgehead atoms. The van der Waals surface area contributed by atoms with Crippen LogP contribution in [0.2, 0.25) is 10.0 Å². The van der Waals surface area contributed by atoms with Gasteiger partial charge in [0, 0.05) is 37.7 Å². The van der Waals surface area contributed by atoms with Crippen LogP contribution in [0, 0.1) is 0 Å². The second kappa shape index (κ2) is 9.24. The fraction of sp³-hybridized carbons (Fsp3) is 0.316. The number of amides is 1. The van der Waals surface area contributed by atoms with Crippen molar-refractivity contribution >= 4 is 39.1 Å². The van der Waals surface area contributed by atoms with E-state index in [2.05, 4.69) is 5.32 Å². The number of rotatable bonds is 6. The molecule has 1 saturated heterocycles. The molecule has 3 rings (SSSR count). The van der Waals surface area contributed by atoms with E-state index in [1.165, 1.54) is 10.4 Å². The van der Waals surface area contributed by atoms with Gasteiger partial charge in [-0.15, -0.1) is 0 Å². The highest BCUT2D eigenvalue weighted by molar-refractivity contribution is 7.89. The third-order valence-corrected chi connectivity index (χ3v) is 7.21. The summed E-state index contributed by atoms with van der Waals surface area (Å²) in [6, 6.07) is 13.7. The van der Waals surface area contributed by atoms with Crippen molar-refractivity contribution in [3.8, 4) is 0 Å². The predicted octanol–water partition coefficient (Wildman–Crippen LogP) is 2.62. The van der Waals surface area contributed by atoms with E-state index in [0.29, 0.717) is 37.7 Å². The lowest BCUT2D eigenvalue weighted by Gasteiger charge is -2.33. The Kier molecular flexibility index (Phi) is 6.95. The molecule has 150 valence electrons. The number of halogens is 2. The van der Waals surface area contributed by atoms with Crippen LogP contribution in [-0.4, -0.2) is 56.3 Å². The van der Waals surface area contributed by atoms with Crippen molar-refractivity contribution in [2.75, 3.05) is 32.7 Å². The molecule has 1 N–H and O–H groups in total. The Morgan fingerprint density at radius 1 is 0.964 bits per heavy atom. The molecule has 0 spiro atoms. The molecular formula is C19H21Cl2N3O3S. The molecule has 1 fully saturated rings. The normalized spacial score (nSPS) is 16.1. The van der Waals surface area contributed by atoms with Gasteiger partial charge in [0.15, 0.2) is 0 Å². The van der Waals surface area contributed by atoms with Crippen LogP contribution in [-0.2, 0) is 21.4 Å². The summed E-state index contributed by atoms with van der Waals surface area (Å²) < 4.78 is 26.9. The average Bonchev–Trinajstić information content (AvgIpc) is 2.68. The minimum absolute atomic E-state index is 0.0997. The van der Waals surface area contributed by atoms with Gasteiger partial charge in [0.05, 0.1) is 11.6 Å². The second-order valence-corrected chi connectivity index (χ2v) is 9.26. The first-order valence-electron chi connectivity index (χ1n) is 8.84. The van der Waals surface area contributed by atoms with Crippen LogP contribution >= 0.6 is 23.2 Å². The van der Waals surface area contributed by atoms with Gasteiger partial charge in [0.1, 0.15) is 4.90 Å². The van der Waals surface area contributed by atoms with Crippen LogP contribution < -0.4 is 5.32 Å². The number of benzene rings is 2. The molecule has 1 amide bonds. The van der Waals surface area contributed by atoms with Crippen LogP contribution in [0.15, 0.2) is 53.4 Å². The van der Waals surface area contributed by atoms with E-state index in [1.807, 2.05) is 17.0 Å². The molecule has 0 radical (unpaired) electrons. The number of carbonyl (C=O) groups is 1. The van der Waals surface area contributed by atoms with Crippen LogP contribution in [0.3, 0.4) is 0 Å². The van der Waals surface area contributed by atoms with Crippen molar-refractivity contribution in [1.29, 1.82) is 0 Å². The lowest BCUT2D eigenvalue weighted by molar-refractivity contribution is -0.122. The van der Waals surface area contributed by atoms with E-state index >= 15 is 0 Å². The zero-order chi connectivity index (χ0) is 20.1. The predicted molar refractivity (Wildman–Crippen MR) is 110 cm³/mol. The van der Waals surface area contributed by atoms with Crippen molar-refractivity contribution in [2.24, 2.45) is 0 Å². The van der Waals surface area contributed by atoms with Gasteiger partial charge in [0.25, 0.3) is 0 Å². The Morgan fingerprint density at radius 3 is 2.25 bits per heavy atom. The lowest BCUT2D eigenvalue weighted by Crippen LogP contribution is -2.51. The molecule has 1 aliphatic heterocycles. The second-order valence-electron chi connectivity index (χ2n) is 6.51. The standard InChI is InChI=1S/C19H21Cl2N3O3S/c20-16-7-5-15(6-8-16)13-22-19(25)14-23-9-11-24(12-10-23)28(26,27)18-4-2-1-3-17(18)21/h1-8H,9-14H2,(H,22,25). The third-order valence-electron chi connectivity index (χ3n) is 4.56. The maximum absolute atomic E-state index is 12.8. The van der Waals surface area contributed by atoms with E-state index in [9.17, 15) is 13.2 Å². The number of nitrogens with one attached hydrogen (secondary N) is 1. The van der Waals surface area contributed by atoms with Crippen LogP contribution in [0.4, 0.5) is 0 Å². The molecule has 9 heteroatoms. The SMILES string of the molecule is O=C(CN1CCN(S(=O)(=O)c2ccccc2Cl)CC1)NCc1ccc(Cl)cc1. The van der Waals surface area contributed by atoms with Crippen molar-refractivity contribution in [3.63, 3.8) is 0 Å². The summed E-state index contributed by atoms with van der Waals surface area (Å²) >= 11 is 11.9. The van der Waals surface area contributed by atoms with Gasteiger partial charge < -0.3 is 5.32 Å². The molecule has 0 aromatic heterocycles. The van der Waals surface area contributed by atoms with E-state index in [0.717, 1.165) is 5.56 Å². The van der Waals surface area contributed by atoms with E-state index < -0.39 is 10.0 Å². The molecule has 1 heterocycles. The fourth-order valence-electron chi connectivity index (χ4n) is 2.98. The summed E-state index contributed by atoms with van der Waals surface area (Å²) in [6.07, 6.45) is 0. The summed E-state index contributed by atoms with van der Waals surface area (Å²) in [4.78, 5) is 14.2. The first-order chi connectivity index (χ1) is 13.4. The summed E-state index contributed by atoms with van der Waals surface area (Å²) in [6.45, 7) is 2.26. The Bertz CT molecular complexity index is 928. The maximum atomic E-state index is 12.8. The summed E-state index contributed by atoms with van der Waals surface area (Å²) in [5.41, 5.74) is 0.966. The number of nitrogens with zero attached hydrogens (tertiary/aromatic N) is 2. The Morgan fingerprint density at radius 2 is 1.61 bits per heavy atom.